The minimum Gasteiger partial charge on any atom is -0.495 e. The Morgan fingerprint density at radius 3 is 2.85 bits per heavy atom. The highest BCUT2D eigenvalue weighted by Gasteiger charge is 2.18. The van der Waals surface area contributed by atoms with E-state index in [0.717, 1.165) is 24.2 Å². The summed E-state index contributed by atoms with van der Waals surface area (Å²) in [7, 11) is 1.56. The van der Waals surface area contributed by atoms with Gasteiger partial charge in [-0.3, -0.25) is 14.8 Å². The van der Waals surface area contributed by atoms with E-state index in [1.165, 1.54) is 0 Å². The lowest BCUT2D eigenvalue weighted by molar-refractivity contribution is 0.0976. The van der Waals surface area contributed by atoms with Crippen LogP contribution in [0.2, 0.25) is 5.02 Å². The normalized spacial score (nSPS) is 12.5. The topological polar surface area (TPSA) is 99.0 Å². The van der Waals surface area contributed by atoms with Crippen molar-refractivity contribution in [1.82, 2.24) is 15.1 Å². The number of fused-ring (bicyclic) bond motifs is 1. The first-order valence-electron chi connectivity index (χ1n) is 10.9. The number of methoxy groups -OCH3 is 1. The largest absolute Gasteiger partial charge is 0.495 e. The summed E-state index contributed by atoms with van der Waals surface area (Å²) < 4.78 is 18.0. The third kappa shape index (κ3) is 5.43. The van der Waals surface area contributed by atoms with Crippen LogP contribution in [0.5, 0.6) is 17.2 Å². The highest BCUT2D eigenvalue weighted by atomic mass is 35.5. The van der Waals surface area contributed by atoms with E-state index in [0.29, 0.717) is 40.1 Å². The molecule has 1 aliphatic heterocycles. The summed E-state index contributed by atoms with van der Waals surface area (Å²) in [6.07, 6.45) is 2.95. The number of ether oxygens (including phenoxy) is 3. The van der Waals surface area contributed by atoms with Gasteiger partial charge in [0.2, 0.25) is 12.8 Å². The molecule has 0 bridgehead atoms. The molecule has 34 heavy (non-hydrogen) atoms. The zero-order valence-electron chi connectivity index (χ0n) is 19.2. The van der Waals surface area contributed by atoms with Crippen molar-refractivity contribution in [3.05, 3.63) is 64.4 Å². The van der Waals surface area contributed by atoms with E-state index in [9.17, 15) is 4.79 Å². The molecule has 3 aromatic rings. The van der Waals surface area contributed by atoms with Gasteiger partial charge in [0.25, 0.3) is 5.91 Å². The maximum absolute atomic E-state index is 13.0. The maximum Gasteiger partial charge on any atom is 0.258 e. The van der Waals surface area contributed by atoms with E-state index in [2.05, 4.69) is 27.6 Å². The first-order valence-corrected chi connectivity index (χ1v) is 11.2. The number of aryl methyl sites for hydroxylation is 2. The molecule has 4 rings (SSSR count). The molecule has 0 saturated carbocycles. The van der Waals surface area contributed by atoms with E-state index < -0.39 is 0 Å². The molecular formula is C24H26ClN5O4. The standard InChI is InChI=1S/C24H26ClN5O4/c1-4-9-30-13-17(15(2)29-30)12-26-24(27-19-11-18(25)6-8-20(19)32-3)28-23(31)16-5-7-21-22(10-16)34-14-33-21/h5-8,10-11,13H,4,9,12,14H2,1-3H3,(H2,26,27,28,31). The first kappa shape index (κ1) is 23.4. The van der Waals surface area contributed by atoms with Crippen LogP contribution < -0.4 is 24.8 Å². The molecule has 0 aliphatic carbocycles. The van der Waals surface area contributed by atoms with E-state index in [1.54, 1.807) is 43.5 Å². The molecule has 0 radical (unpaired) electrons. The Bertz CT molecular complexity index is 1220. The average Bonchev–Trinajstić information content (AvgIpc) is 3.43. The third-order valence-corrected chi connectivity index (χ3v) is 5.42. The van der Waals surface area contributed by atoms with Crippen LogP contribution in [0.15, 0.2) is 47.6 Å². The lowest BCUT2D eigenvalue weighted by Crippen LogP contribution is -2.36. The van der Waals surface area contributed by atoms with E-state index in [-0.39, 0.29) is 18.7 Å². The molecule has 2 N–H and O–H groups in total. The monoisotopic (exact) mass is 483 g/mol. The number of nitrogens with one attached hydrogen (secondary N) is 2. The Labute approximate surface area is 202 Å². The minimum atomic E-state index is -0.357. The van der Waals surface area contributed by atoms with Crippen LogP contribution in [-0.2, 0) is 13.1 Å². The van der Waals surface area contributed by atoms with Crippen molar-refractivity contribution >= 4 is 29.2 Å². The van der Waals surface area contributed by atoms with Gasteiger partial charge >= 0.3 is 0 Å². The van der Waals surface area contributed by atoms with Crippen LogP contribution in [0.4, 0.5) is 5.69 Å². The molecule has 0 spiro atoms. The Morgan fingerprint density at radius 2 is 2.06 bits per heavy atom. The Balaban J connectivity index is 1.60. The van der Waals surface area contributed by atoms with Crippen LogP contribution in [0.1, 0.15) is 35.0 Å². The Kier molecular flexibility index (Phi) is 7.22. The number of rotatable bonds is 7. The molecule has 1 aliphatic rings. The summed E-state index contributed by atoms with van der Waals surface area (Å²) in [5.41, 5.74) is 2.82. The lowest BCUT2D eigenvalue weighted by atomic mass is 10.2. The van der Waals surface area contributed by atoms with Crippen molar-refractivity contribution in [2.45, 2.75) is 33.4 Å². The summed E-state index contributed by atoms with van der Waals surface area (Å²) in [5, 5.41) is 11.0. The van der Waals surface area contributed by atoms with Crippen molar-refractivity contribution in [2.24, 2.45) is 4.99 Å². The smallest absolute Gasteiger partial charge is 0.258 e. The quantitative estimate of drug-likeness (QED) is 0.382. The molecule has 1 aromatic heterocycles. The number of halogens is 1. The number of aliphatic imine (C=N–C) groups is 1. The number of guanidine groups is 1. The number of aromatic nitrogens is 2. The van der Waals surface area contributed by atoms with Gasteiger partial charge in [-0.1, -0.05) is 18.5 Å². The van der Waals surface area contributed by atoms with Gasteiger partial charge in [-0.05, 0) is 49.7 Å². The van der Waals surface area contributed by atoms with Gasteiger partial charge in [0, 0.05) is 28.9 Å². The van der Waals surface area contributed by atoms with Gasteiger partial charge < -0.3 is 19.5 Å². The molecule has 0 fully saturated rings. The summed E-state index contributed by atoms with van der Waals surface area (Å²) in [6, 6.07) is 10.2. The van der Waals surface area contributed by atoms with Gasteiger partial charge in [0.15, 0.2) is 11.5 Å². The second kappa shape index (κ2) is 10.5. The molecule has 0 saturated heterocycles. The molecule has 178 valence electrons. The third-order valence-electron chi connectivity index (χ3n) is 5.19. The molecule has 2 aromatic carbocycles. The van der Waals surface area contributed by atoms with Crippen LogP contribution in [0.25, 0.3) is 0 Å². The fourth-order valence-corrected chi connectivity index (χ4v) is 3.63. The SMILES string of the molecule is CCCn1cc(CN=C(NC(=O)c2ccc3c(c2)OCO3)Nc2cc(Cl)ccc2OC)c(C)n1. The lowest BCUT2D eigenvalue weighted by Gasteiger charge is -2.15. The number of nitrogens with zero attached hydrogens (tertiary/aromatic N) is 3. The number of carbonyl (C=O) groups is 1. The van der Waals surface area contributed by atoms with Crippen LogP contribution in [0, 0.1) is 6.92 Å². The summed E-state index contributed by atoms with van der Waals surface area (Å²) in [4.78, 5) is 17.7. The van der Waals surface area contributed by atoms with Crippen molar-refractivity contribution < 1.29 is 19.0 Å². The highest BCUT2D eigenvalue weighted by molar-refractivity contribution is 6.31. The summed E-state index contributed by atoms with van der Waals surface area (Å²) in [6.45, 7) is 5.32. The predicted molar refractivity (Wildman–Crippen MR) is 130 cm³/mol. The van der Waals surface area contributed by atoms with Crippen LogP contribution in [0.3, 0.4) is 0 Å². The number of hydrogen-bond acceptors (Lipinski definition) is 6. The predicted octanol–water partition coefficient (Wildman–Crippen LogP) is 4.39. The molecule has 0 unspecified atom stereocenters. The van der Waals surface area contributed by atoms with E-state index in [4.69, 9.17) is 25.8 Å². The van der Waals surface area contributed by atoms with Crippen LogP contribution in [-0.4, -0.2) is 35.5 Å². The molecule has 1 amide bonds. The van der Waals surface area contributed by atoms with Crippen LogP contribution >= 0.6 is 11.6 Å². The zero-order chi connectivity index (χ0) is 24.1. The van der Waals surface area contributed by atoms with Gasteiger partial charge in [0.05, 0.1) is 25.0 Å². The molecule has 2 heterocycles. The van der Waals surface area contributed by atoms with Crippen molar-refractivity contribution in [1.29, 1.82) is 0 Å². The first-order chi connectivity index (χ1) is 16.5. The number of hydrogen-bond donors (Lipinski definition) is 2. The second-order valence-electron chi connectivity index (χ2n) is 7.66. The number of amides is 1. The molecule has 10 heteroatoms. The van der Waals surface area contributed by atoms with Crippen molar-refractivity contribution in [3.8, 4) is 17.2 Å². The highest BCUT2D eigenvalue weighted by Crippen LogP contribution is 2.32. The number of benzene rings is 2. The minimum absolute atomic E-state index is 0.133. The van der Waals surface area contributed by atoms with E-state index >= 15 is 0 Å². The zero-order valence-corrected chi connectivity index (χ0v) is 20.0. The fraction of sp³-hybridized carbons (Fsp3) is 0.292. The number of anilines is 1. The van der Waals surface area contributed by atoms with Gasteiger partial charge in [-0.15, -0.1) is 0 Å². The average molecular weight is 484 g/mol. The number of carbonyl (C=O) groups excluding carboxylic acids is 1. The van der Waals surface area contributed by atoms with Crippen molar-refractivity contribution in [3.63, 3.8) is 0 Å². The maximum atomic E-state index is 13.0. The molecular weight excluding hydrogens is 458 g/mol. The van der Waals surface area contributed by atoms with Crippen molar-refractivity contribution in [2.75, 3.05) is 19.2 Å². The Morgan fingerprint density at radius 1 is 1.24 bits per heavy atom. The van der Waals surface area contributed by atoms with Gasteiger partial charge in [-0.25, -0.2) is 4.99 Å². The van der Waals surface area contributed by atoms with Gasteiger partial charge in [-0.2, -0.15) is 5.10 Å². The molecule has 0 atom stereocenters. The molecule has 9 nitrogen and oxygen atoms in total. The van der Waals surface area contributed by atoms with E-state index in [1.807, 2.05) is 17.8 Å². The second-order valence-corrected chi connectivity index (χ2v) is 8.10. The van der Waals surface area contributed by atoms with Gasteiger partial charge in [0.1, 0.15) is 5.75 Å². The summed E-state index contributed by atoms with van der Waals surface area (Å²) in [5.74, 6) is 1.57. The Hall–Kier alpha value is -3.72. The summed E-state index contributed by atoms with van der Waals surface area (Å²) >= 11 is 6.18. The fourth-order valence-electron chi connectivity index (χ4n) is 3.46.